The third-order valence-corrected chi connectivity index (χ3v) is 4.43. The molecule has 0 saturated carbocycles. The lowest BCUT2D eigenvalue weighted by molar-refractivity contribution is -0.126. The molecule has 5 nitrogen and oxygen atoms in total. The standard InChI is InChI=1S/C18H12Cl3FN2O3/c1-24(8-10-4-11(19)2-3-15(10)22)18(27)12(7-23)16(25)9-5-13(20)17(26)14(21)6-9/h2-6,25-26H,8H2,1H3/b16-12-. The van der Waals surface area contributed by atoms with Crippen molar-refractivity contribution in [3.05, 3.63) is 67.9 Å². The molecule has 140 valence electrons. The number of nitrogens with zero attached hydrogens (tertiary/aromatic N) is 2. The van der Waals surface area contributed by atoms with Gasteiger partial charge in [-0.3, -0.25) is 4.79 Å². The number of nitriles is 1. The summed E-state index contributed by atoms with van der Waals surface area (Å²) >= 11 is 17.4. The molecule has 1 amide bonds. The van der Waals surface area contributed by atoms with Gasteiger partial charge in [0.1, 0.15) is 17.6 Å². The molecule has 2 aromatic rings. The Kier molecular flexibility index (Phi) is 6.55. The number of benzene rings is 2. The molecule has 0 aromatic heterocycles. The van der Waals surface area contributed by atoms with Crippen LogP contribution in [0.5, 0.6) is 5.75 Å². The zero-order chi connectivity index (χ0) is 20.3. The number of carbonyl (C=O) groups excluding carboxylic acids is 1. The predicted molar refractivity (Wildman–Crippen MR) is 101 cm³/mol. The van der Waals surface area contributed by atoms with Crippen molar-refractivity contribution in [3.63, 3.8) is 0 Å². The summed E-state index contributed by atoms with van der Waals surface area (Å²) in [7, 11) is 1.34. The summed E-state index contributed by atoms with van der Waals surface area (Å²) < 4.78 is 13.9. The summed E-state index contributed by atoms with van der Waals surface area (Å²) in [5.41, 5.74) is -0.487. The first kappa shape index (κ1) is 20.8. The number of carbonyl (C=O) groups is 1. The van der Waals surface area contributed by atoms with Gasteiger partial charge >= 0.3 is 0 Å². The van der Waals surface area contributed by atoms with E-state index in [1.807, 2.05) is 0 Å². The van der Waals surface area contributed by atoms with Crippen molar-refractivity contribution in [2.75, 3.05) is 7.05 Å². The first-order valence-corrected chi connectivity index (χ1v) is 8.50. The van der Waals surface area contributed by atoms with E-state index in [2.05, 4.69) is 0 Å². The topological polar surface area (TPSA) is 84.6 Å². The Balaban J connectivity index is 2.38. The number of likely N-dealkylation sites (N-methyl/N-ethyl adjacent to an activating group) is 1. The molecule has 0 aliphatic rings. The molecule has 27 heavy (non-hydrogen) atoms. The summed E-state index contributed by atoms with van der Waals surface area (Å²) in [6.45, 7) is -0.180. The van der Waals surface area contributed by atoms with E-state index >= 15 is 0 Å². The summed E-state index contributed by atoms with van der Waals surface area (Å²) in [6.07, 6.45) is 0. The second kappa shape index (κ2) is 8.49. The number of hydrogen-bond acceptors (Lipinski definition) is 4. The van der Waals surface area contributed by atoms with Gasteiger partial charge in [0.05, 0.1) is 10.0 Å². The molecule has 0 spiro atoms. The van der Waals surface area contributed by atoms with Crippen LogP contribution in [0.2, 0.25) is 15.1 Å². The third kappa shape index (κ3) is 4.64. The minimum Gasteiger partial charge on any atom is -0.506 e. The van der Waals surface area contributed by atoms with Crippen molar-refractivity contribution in [2.45, 2.75) is 6.54 Å². The summed E-state index contributed by atoms with van der Waals surface area (Å²) in [6, 6.07) is 7.81. The van der Waals surface area contributed by atoms with E-state index in [1.54, 1.807) is 6.07 Å². The molecule has 0 fully saturated rings. The molecule has 9 heteroatoms. The molecule has 2 aromatic carbocycles. The van der Waals surface area contributed by atoms with E-state index in [0.717, 1.165) is 23.1 Å². The lowest BCUT2D eigenvalue weighted by Crippen LogP contribution is -2.28. The first-order chi connectivity index (χ1) is 12.6. The van der Waals surface area contributed by atoms with Crippen LogP contribution in [-0.4, -0.2) is 28.1 Å². The van der Waals surface area contributed by atoms with Gasteiger partial charge in [0.25, 0.3) is 5.91 Å². The number of phenols is 1. The van der Waals surface area contributed by atoms with Crippen molar-refractivity contribution in [1.29, 1.82) is 5.26 Å². The van der Waals surface area contributed by atoms with Crippen LogP contribution in [0, 0.1) is 17.1 Å². The Morgan fingerprint density at radius 2 is 1.81 bits per heavy atom. The maximum absolute atomic E-state index is 13.9. The highest BCUT2D eigenvalue weighted by Gasteiger charge is 2.22. The highest BCUT2D eigenvalue weighted by atomic mass is 35.5. The van der Waals surface area contributed by atoms with Crippen LogP contribution in [0.15, 0.2) is 35.9 Å². The number of aliphatic hydroxyl groups is 1. The lowest BCUT2D eigenvalue weighted by Gasteiger charge is -2.18. The van der Waals surface area contributed by atoms with E-state index in [-0.39, 0.29) is 27.7 Å². The molecule has 0 aliphatic carbocycles. The Morgan fingerprint density at radius 1 is 1.22 bits per heavy atom. The monoisotopic (exact) mass is 428 g/mol. The van der Waals surface area contributed by atoms with Crippen LogP contribution < -0.4 is 0 Å². The highest BCUT2D eigenvalue weighted by Crippen LogP contribution is 2.35. The summed E-state index contributed by atoms with van der Waals surface area (Å²) in [4.78, 5) is 13.6. The number of phenolic OH excluding ortho intramolecular Hbond substituents is 1. The van der Waals surface area contributed by atoms with Gasteiger partial charge in [0.2, 0.25) is 0 Å². The molecule has 0 aliphatic heterocycles. The first-order valence-electron chi connectivity index (χ1n) is 7.36. The van der Waals surface area contributed by atoms with Gasteiger partial charge in [0, 0.05) is 29.7 Å². The molecule has 0 unspecified atom stereocenters. The van der Waals surface area contributed by atoms with Crippen LogP contribution in [0.1, 0.15) is 11.1 Å². The van der Waals surface area contributed by atoms with Crippen molar-refractivity contribution in [3.8, 4) is 11.8 Å². The maximum atomic E-state index is 13.9. The zero-order valence-corrected chi connectivity index (χ0v) is 16.1. The van der Waals surface area contributed by atoms with Crippen LogP contribution >= 0.6 is 34.8 Å². The minimum atomic E-state index is -0.852. The molecule has 2 N–H and O–H groups in total. The maximum Gasteiger partial charge on any atom is 0.268 e. The predicted octanol–water partition coefficient (Wildman–Crippen LogP) is 4.94. The average molecular weight is 430 g/mol. The Hall–Kier alpha value is -2.46. The van der Waals surface area contributed by atoms with Crippen LogP contribution in [-0.2, 0) is 11.3 Å². The van der Waals surface area contributed by atoms with E-state index < -0.39 is 28.8 Å². The molecule has 0 heterocycles. The van der Waals surface area contributed by atoms with Crippen LogP contribution in [0.4, 0.5) is 4.39 Å². The van der Waals surface area contributed by atoms with Gasteiger partial charge < -0.3 is 15.1 Å². The fourth-order valence-corrected chi connectivity index (χ4v) is 2.91. The lowest BCUT2D eigenvalue weighted by atomic mass is 10.1. The van der Waals surface area contributed by atoms with Gasteiger partial charge in [-0.2, -0.15) is 5.26 Å². The fraction of sp³-hybridized carbons (Fsp3) is 0.111. The molecule has 0 bridgehead atoms. The van der Waals surface area contributed by atoms with E-state index in [0.29, 0.717) is 5.02 Å². The van der Waals surface area contributed by atoms with Crippen molar-refractivity contribution in [1.82, 2.24) is 4.90 Å². The SMILES string of the molecule is CN(Cc1cc(Cl)ccc1F)C(=O)/C(C#N)=C(\O)c1cc(Cl)c(O)c(Cl)c1. The summed E-state index contributed by atoms with van der Waals surface area (Å²) in [5, 5.41) is 29.2. The fourth-order valence-electron chi connectivity index (χ4n) is 2.23. The Labute approximate surface area is 169 Å². The normalized spacial score (nSPS) is 11.6. The number of aromatic hydroxyl groups is 1. The number of halogens is 4. The highest BCUT2D eigenvalue weighted by molar-refractivity contribution is 6.37. The molecule has 2 rings (SSSR count). The van der Waals surface area contributed by atoms with E-state index in [1.165, 1.54) is 19.2 Å². The second-order valence-corrected chi connectivity index (χ2v) is 6.77. The Morgan fingerprint density at radius 3 is 2.37 bits per heavy atom. The molecule has 0 radical (unpaired) electrons. The van der Waals surface area contributed by atoms with Gasteiger partial charge in [-0.25, -0.2) is 4.39 Å². The van der Waals surface area contributed by atoms with Crippen LogP contribution in [0.3, 0.4) is 0 Å². The summed E-state index contributed by atoms with van der Waals surface area (Å²) in [5.74, 6) is -2.49. The smallest absolute Gasteiger partial charge is 0.268 e. The number of aliphatic hydroxyl groups excluding tert-OH is 1. The number of hydrogen-bond donors (Lipinski definition) is 2. The molecule has 0 atom stereocenters. The second-order valence-electron chi connectivity index (χ2n) is 5.52. The quantitative estimate of drug-likeness (QED) is 0.409. The molecular weight excluding hydrogens is 418 g/mol. The van der Waals surface area contributed by atoms with Gasteiger partial charge in [0.15, 0.2) is 11.3 Å². The third-order valence-electron chi connectivity index (χ3n) is 3.61. The van der Waals surface area contributed by atoms with Crippen molar-refractivity contribution < 1.29 is 19.4 Å². The molecule has 0 saturated heterocycles. The van der Waals surface area contributed by atoms with Gasteiger partial charge in [-0.1, -0.05) is 34.8 Å². The van der Waals surface area contributed by atoms with E-state index in [4.69, 9.17) is 34.8 Å². The van der Waals surface area contributed by atoms with Gasteiger partial charge in [-0.15, -0.1) is 0 Å². The van der Waals surface area contributed by atoms with Crippen LogP contribution in [0.25, 0.3) is 5.76 Å². The zero-order valence-electron chi connectivity index (χ0n) is 13.8. The average Bonchev–Trinajstić information content (AvgIpc) is 2.62. The van der Waals surface area contributed by atoms with Crippen molar-refractivity contribution >= 4 is 46.5 Å². The van der Waals surface area contributed by atoms with Gasteiger partial charge in [-0.05, 0) is 30.3 Å². The molecular formula is C18H12Cl3FN2O3. The largest absolute Gasteiger partial charge is 0.506 e. The minimum absolute atomic E-state index is 0.0324. The number of rotatable bonds is 4. The van der Waals surface area contributed by atoms with Crippen molar-refractivity contribution in [2.24, 2.45) is 0 Å². The Bertz CT molecular complexity index is 963. The van der Waals surface area contributed by atoms with E-state index in [9.17, 15) is 24.7 Å². The number of amides is 1.